The van der Waals surface area contributed by atoms with Crippen molar-refractivity contribution in [3.8, 4) is 0 Å². The molecular formula is C21H23N5O2. The van der Waals surface area contributed by atoms with Gasteiger partial charge in [0.25, 0.3) is 11.6 Å². The van der Waals surface area contributed by atoms with E-state index in [4.69, 9.17) is 4.52 Å². The minimum absolute atomic E-state index is 0.0571. The molecule has 0 N–H and O–H groups in total. The van der Waals surface area contributed by atoms with Crippen LogP contribution in [0, 0.1) is 6.92 Å². The summed E-state index contributed by atoms with van der Waals surface area (Å²) in [5, 5.41) is 4.80. The summed E-state index contributed by atoms with van der Waals surface area (Å²) in [6.07, 6.45) is 5.95. The van der Waals surface area contributed by atoms with E-state index in [-0.39, 0.29) is 5.91 Å². The molecule has 1 saturated heterocycles. The first-order valence-corrected chi connectivity index (χ1v) is 9.86. The zero-order valence-corrected chi connectivity index (χ0v) is 16.0. The predicted molar refractivity (Wildman–Crippen MR) is 104 cm³/mol. The van der Waals surface area contributed by atoms with E-state index in [2.05, 4.69) is 26.1 Å². The number of fused-ring (bicyclic) bond motifs is 1. The molecule has 0 aromatic carbocycles. The van der Waals surface area contributed by atoms with Crippen LogP contribution in [0.1, 0.15) is 46.1 Å². The van der Waals surface area contributed by atoms with Crippen LogP contribution in [0.3, 0.4) is 0 Å². The predicted octanol–water partition coefficient (Wildman–Crippen LogP) is 2.76. The maximum atomic E-state index is 13.3. The van der Waals surface area contributed by atoms with Crippen LogP contribution in [0.5, 0.6) is 0 Å². The summed E-state index contributed by atoms with van der Waals surface area (Å²) in [5.41, 5.74) is 4.06. The van der Waals surface area contributed by atoms with Gasteiger partial charge in [-0.2, -0.15) is 0 Å². The molecule has 28 heavy (non-hydrogen) atoms. The molecule has 7 nitrogen and oxygen atoms in total. The van der Waals surface area contributed by atoms with Crippen molar-refractivity contribution >= 4 is 17.0 Å². The van der Waals surface area contributed by atoms with Gasteiger partial charge in [-0.1, -0.05) is 11.2 Å². The zero-order chi connectivity index (χ0) is 19.1. The van der Waals surface area contributed by atoms with Gasteiger partial charge in [-0.15, -0.1) is 0 Å². The van der Waals surface area contributed by atoms with Crippen molar-refractivity contribution in [2.24, 2.45) is 0 Å². The van der Waals surface area contributed by atoms with Gasteiger partial charge in [0.05, 0.1) is 16.6 Å². The van der Waals surface area contributed by atoms with Gasteiger partial charge in [0.15, 0.2) is 0 Å². The molecule has 2 fully saturated rings. The first-order valence-electron chi connectivity index (χ1n) is 9.86. The normalized spacial score (nSPS) is 18.0. The van der Waals surface area contributed by atoms with Crippen LogP contribution in [0.4, 0.5) is 0 Å². The van der Waals surface area contributed by atoms with Gasteiger partial charge in [0.1, 0.15) is 0 Å². The molecule has 0 atom stereocenters. The molecule has 0 radical (unpaired) electrons. The lowest BCUT2D eigenvalue weighted by Gasteiger charge is -2.34. The Kier molecular flexibility index (Phi) is 4.31. The second-order valence-corrected chi connectivity index (χ2v) is 7.75. The van der Waals surface area contributed by atoms with E-state index in [1.807, 2.05) is 30.2 Å². The topological polar surface area (TPSA) is 75.4 Å². The minimum Gasteiger partial charge on any atom is -0.336 e. The fourth-order valence-corrected chi connectivity index (χ4v) is 3.90. The first-order chi connectivity index (χ1) is 13.7. The van der Waals surface area contributed by atoms with Gasteiger partial charge in [0.2, 0.25) is 0 Å². The van der Waals surface area contributed by atoms with Gasteiger partial charge < -0.3 is 9.42 Å². The summed E-state index contributed by atoms with van der Waals surface area (Å²) in [6, 6.07) is 6.02. The highest BCUT2D eigenvalue weighted by atomic mass is 16.5. The molecule has 1 aliphatic heterocycles. The molecule has 1 saturated carbocycles. The number of nitrogens with zero attached hydrogens (tertiary/aromatic N) is 5. The molecule has 1 amide bonds. The summed E-state index contributed by atoms with van der Waals surface area (Å²) in [6.45, 7) is 5.87. The number of carbonyl (C=O) groups excluding carboxylic acids is 1. The third-order valence-electron chi connectivity index (χ3n) is 5.65. The fraction of sp³-hybridized carbons (Fsp3) is 0.429. The second kappa shape index (κ2) is 6.98. The Labute approximate surface area is 163 Å². The van der Waals surface area contributed by atoms with Crippen molar-refractivity contribution in [2.45, 2.75) is 32.2 Å². The number of rotatable bonds is 4. The average molecular weight is 377 g/mol. The summed E-state index contributed by atoms with van der Waals surface area (Å²) >= 11 is 0. The number of piperazine rings is 1. The SMILES string of the molecule is Cc1noc2nc(C3CC3)cc(C(=O)N3CCN(Cc4cccnc4)CC3)c12. The quantitative estimate of drug-likeness (QED) is 0.696. The zero-order valence-electron chi connectivity index (χ0n) is 16.0. The standard InChI is InChI=1S/C21H23N5O2/c1-14-19-17(11-18(16-4-5-16)23-20(19)28-24-14)21(27)26-9-7-25(8-10-26)13-15-3-2-6-22-12-15/h2-3,6,11-12,16H,4-5,7-10,13H2,1H3. The van der Waals surface area contributed by atoms with Crippen LogP contribution in [-0.4, -0.2) is 57.0 Å². The molecule has 0 bridgehead atoms. The summed E-state index contributed by atoms with van der Waals surface area (Å²) in [7, 11) is 0. The lowest BCUT2D eigenvalue weighted by atomic mass is 10.1. The monoisotopic (exact) mass is 377 g/mol. The van der Waals surface area contributed by atoms with E-state index in [1.54, 1.807) is 6.20 Å². The number of hydrogen-bond acceptors (Lipinski definition) is 6. The number of aromatic nitrogens is 3. The van der Waals surface area contributed by atoms with Crippen molar-refractivity contribution in [1.82, 2.24) is 24.9 Å². The number of pyridine rings is 2. The molecule has 4 heterocycles. The summed E-state index contributed by atoms with van der Waals surface area (Å²) in [5.74, 6) is 0.513. The molecule has 7 heteroatoms. The van der Waals surface area contributed by atoms with Crippen LogP contribution in [0.25, 0.3) is 11.1 Å². The number of hydrogen-bond donors (Lipinski definition) is 0. The highest BCUT2D eigenvalue weighted by molar-refractivity contribution is 6.06. The Bertz CT molecular complexity index is 1000. The van der Waals surface area contributed by atoms with E-state index in [0.29, 0.717) is 30.3 Å². The Hall–Kier alpha value is -2.80. The van der Waals surface area contributed by atoms with E-state index in [0.717, 1.165) is 49.2 Å². The Morgan fingerprint density at radius 3 is 2.79 bits per heavy atom. The summed E-state index contributed by atoms with van der Waals surface area (Å²) < 4.78 is 5.38. The van der Waals surface area contributed by atoms with E-state index in [9.17, 15) is 4.79 Å². The van der Waals surface area contributed by atoms with Gasteiger partial charge in [-0.25, -0.2) is 4.98 Å². The smallest absolute Gasteiger partial charge is 0.259 e. The van der Waals surface area contributed by atoms with E-state index >= 15 is 0 Å². The largest absolute Gasteiger partial charge is 0.336 e. The summed E-state index contributed by atoms with van der Waals surface area (Å²) in [4.78, 5) is 26.4. The lowest BCUT2D eigenvalue weighted by Crippen LogP contribution is -2.48. The van der Waals surface area contributed by atoms with Crippen molar-refractivity contribution in [2.75, 3.05) is 26.2 Å². The molecule has 1 aliphatic carbocycles. The Balaban J connectivity index is 1.34. The number of aryl methyl sites for hydroxylation is 1. The van der Waals surface area contributed by atoms with Gasteiger partial charge >= 0.3 is 0 Å². The van der Waals surface area contributed by atoms with Crippen molar-refractivity contribution in [1.29, 1.82) is 0 Å². The third-order valence-corrected chi connectivity index (χ3v) is 5.65. The average Bonchev–Trinajstić information content (AvgIpc) is 3.52. The van der Waals surface area contributed by atoms with Gasteiger partial charge in [0, 0.05) is 56.7 Å². The van der Waals surface area contributed by atoms with Crippen molar-refractivity contribution < 1.29 is 9.32 Å². The number of amides is 1. The molecular weight excluding hydrogens is 354 g/mol. The van der Waals surface area contributed by atoms with Gasteiger partial charge in [-0.05, 0) is 37.5 Å². The molecule has 0 spiro atoms. The van der Waals surface area contributed by atoms with Crippen molar-refractivity contribution in [3.05, 3.63) is 53.1 Å². The van der Waals surface area contributed by atoms with Crippen LogP contribution >= 0.6 is 0 Å². The first kappa shape index (κ1) is 17.3. The van der Waals surface area contributed by atoms with Crippen molar-refractivity contribution in [3.63, 3.8) is 0 Å². The molecule has 5 rings (SSSR count). The number of carbonyl (C=O) groups is 1. The van der Waals surface area contributed by atoms with E-state index < -0.39 is 0 Å². The minimum atomic E-state index is 0.0571. The Morgan fingerprint density at radius 2 is 2.07 bits per heavy atom. The van der Waals surface area contributed by atoms with Crippen LogP contribution in [0.15, 0.2) is 35.1 Å². The van der Waals surface area contributed by atoms with E-state index in [1.165, 1.54) is 5.56 Å². The fourth-order valence-electron chi connectivity index (χ4n) is 3.90. The molecule has 3 aromatic rings. The highest BCUT2D eigenvalue weighted by Gasteiger charge is 2.30. The lowest BCUT2D eigenvalue weighted by molar-refractivity contribution is 0.0630. The second-order valence-electron chi connectivity index (χ2n) is 7.75. The molecule has 2 aliphatic rings. The van der Waals surface area contributed by atoms with Gasteiger partial charge in [-0.3, -0.25) is 14.7 Å². The highest BCUT2D eigenvalue weighted by Crippen LogP contribution is 2.40. The van der Waals surface area contributed by atoms with Crippen LogP contribution in [0.2, 0.25) is 0 Å². The van der Waals surface area contributed by atoms with Crippen LogP contribution < -0.4 is 0 Å². The maximum Gasteiger partial charge on any atom is 0.259 e. The molecule has 144 valence electrons. The molecule has 0 unspecified atom stereocenters. The third kappa shape index (κ3) is 3.26. The molecule has 3 aromatic heterocycles. The Morgan fingerprint density at radius 1 is 1.25 bits per heavy atom. The maximum absolute atomic E-state index is 13.3. The van der Waals surface area contributed by atoms with Crippen LogP contribution in [-0.2, 0) is 6.54 Å².